The number of hydrogen-bond acceptors (Lipinski definition) is 4. The lowest BCUT2D eigenvalue weighted by Crippen LogP contribution is -2.19. The number of carbonyl (C=O) groups is 2. The number of anilines is 1. The van der Waals surface area contributed by atoms with Crippen LogP contribution in [0.1, 0.15) is 32.0 Å². The summed E-state index contributed by atoms with van der Waals surface area (Å²) in [4.78, 5) is 28.7. The molecule has 0 aliphatic heterocycles. The second-order valence-electron chi connectivity index (χ2n) is 5.81. The Morgan fingerprint density at radius 2 is 1.88 bits per heavy atom. The van der Waals surface area contributed by atoms with Crippen LogP contribution in [0.25, 0.3) is 5.82 Å². The number of nitrogens with one attached hydrogen (secondary N) is 2. The highest BCUT2D eigenvalue weighted by molar-refractivity contribution is 6.06. The van der Waals surface area contributed by atoms with Gasteiger partial charge in [-0.2, -0.15) is 5.10 Å². The highest BCUT2D eigenvalue weighted by Gasteiger charge is 2.17. The average molecular weight is 349 g/mol. The molecule has 0 aliphatic rings. The topological polar surface area (TPSA) is 88.9 Å². The number of aromatic nitrogens is 3. The minimum absolute atomic E-state index is 0.209. The molecule has 0 atom stereocenters. The average Bonchev–Trinajstić information content (AvgIpc) is 3.05. The molecule has 2 heterocycles. The van der Waals surface area contributed by atoms with Crippen molar-refractivity contribution in [3.8, 4) is 5.82 Å². The summed E-state index contributed by atoms with van der Waals surface area (Å²) in [5.41, 5.74) is 3.05. The van der Waals surface area contributed by atoms with Crippen LogP contribution in [0.4, 0.5) is 5.69 Å². The quantitative estimate of drug-likeness (QED) is 0.757. The van der Waals surface area contributed by atoms with Gasteiger partial charge in [0, 0.05) is 24.5 Å². The predicted molar refractivity (Wildman–Crippen MR) is 98.6 cm³/mol. The number of rotatable bonds is 4. The summed E-state index contributed by atoms with van der Waals surface area (Å²) in [5.74, 6) is 0.142. The van der Waals surface area contributed by atoms with Crippen LogP contribution >= 0.6 is 0 Å². The van der Waals surface area contributed by atoms with E-state index in [4.69, 9.17) is 0 Å². The van der Waals surface area contributed by atoms with Crippen LogP contribution in [0.15, 0.2) is 48.8 Å². The van der Waals surface area contributed by atoms with Gasteiger partial charge in [-0.05, 0) is 43.7 Å². The zero-order valence-corrected chi connectivity index (χ0v) is 14.8. The van der Waals surface area contributed by atoms with Crippen molar-refractivity contribution >= 4 is 17.5 Å². The molecule has 0 bridgehead atoms. The van der Waals surface area contributed by atoms with Crippen molar-refractivity contribution in [1.82, 2.24) is 20.1 Å². The van der Waals surface area contributed by atoms with Crippen LogP contribution in [-0.4, -0.2) is 33.6 Å². The predicted octanol–water partition coefficient (Wildman–Crippen LogP) is 2.50. The lowest BCUT2D eigenvalue weighted by atomic mass is 10.1. The van der Waals surface area contributed by atoms with Gasteiger partial charge in [0.15, 0.2) is 5.82 Å². The van der Waals surface area contributed by atoms with Crippen LogP contribution in [0.3, 0.4) is 0 Å². The maximum absolute atomic E-state index is 12.7. The Kier molecular flexibility index (Phi) is 4.79. The third-order valence-electron chi connectivity index (χ3n) is 4.10. The first-order chi connectivity index (χ1) is 12.5. The van der Waals surface area contributed by atoms with Crippen molar-refractivity contribution in [2.24, 2.45) is 0 Å². The third-order valence-corrected chi connectivity index (χ3v) is 4.10. The molecule has 3 rings (SSSR count). The second kappa shape index (κ2) is 7.18. The van der Waals surface area contributed by atoms with E-state index in [1.165, 1.54) is 6.20 Å². The Labute approximate surface area is 151 Å². The molecule has 2 amide bonds. The molecule has 0 radical (unpaired) electrons. The molecule has 0 spiro atoms. The van der Waals surface area contributed by atoms with E-state index in [0.717, 1.165) is 5.56 Å². The van der Waals surface area contributed by atoms with Crippen LogP contribution in [-0.2, 0) is 0 Å². The first-order valence-electron chi connectivity index (χ1n) is 8.11. The van der Waals surface area contributed by atoms with E-state index in [1.807, 2.05) is 32.0 Å². The smallest absolute Gasteiger partial charge is 0.259 e. The number of carbonyl (C=O) groups excluding carboxylic acids is 2. The molecule has 26 heavy (non-hydrogen) atoms. The Bertz CT molecular complexity index is 963. The largest absolute Gasteiger partial charge is 0.355 e. The van der Waals surface area contributed by atoms with Crippen molar-refractivity contribution < 1.29 is 9.59 Å². The van der Waals surface area contributed by atoms with Crippen molar-refractivity contribution in [2.75, 3.05) is 12.4 Å². The SMILES string of the molecule is CNC(=O)c1ccc(C)c(NC(=O)c2cnn(-c3ccccn3)c2C)c1. The number of pyridine rings is 1. The van der Waals surface area contributed by atoms with Crippen molar-refractivity contribution in [3.05, 3.63) is 71.2 Å². The number of hydrogen-bond donors (Lipinski definition) is 2. The monoisotopic (exact) mass is 349 g/mol. The molecule has 0 unspecified atom stereocenters. The summed E-state index contributed by atoms with van der Waals surface area (Å²) in [6, 6.07) is 10.7. The van der Waals surface area contributed by atoms with E-state index >= 15 is 0 Å². The minimum Gasteiger partial charge on any atom is -0.355 e. The summed E-state index contributed by atoms with van der Waals surface area (Å²) in [6.45, 7) is 3.68. The molecule has 0 aliphatic carbocycles. The molecule has 2 N–H and O–H groups in total. The standard InChI is InChI=1S/C19H19N5O2/c1-12-7-8-14(18(25)20-3)10-16(12)23-19(26)15-11-22-24(13(15)2)17-6-4-5-9-21-17/h4-11H,1-3H3,(H,20,25)(H,23,26). The van der Waals surface area contributed by atoms with Gasteiger partial charge in [-0.3, -0.25) is 9.59 Å². The van der Waals surface area contributed by atoms with E-state index in [2.05, 4.69) is 20.7 Å². The fourth-order valence-corrected chi connectivity index (χ4v) is 2.57. The summed E-state index contributed by atoms with van der Waals surface area (Å²) in [6.07, 6.45) is 3.18. The molecule has 3 aromatic rings. The van der Waals surface area contributed by atoms with Gasteiger partial charge in [0.1, 0.15) is 0 Å². The van der Waals surface area contributed by atoms with E-state index < -0.39 is 0 Å². The molecule has 1 aromatic carbocycles. The molecular formula is C19H19N5O2. The normalized spacial score (nSPS) is 10.4. The third kappa shape index (κ3) is 3.32. The van der Waals surface area contributed by atoms with Crippen LogP contribution < -0.4 is 10.6 Å². The lowest BCUT2D eigenvalue weighted by Gasteiger charge is -2.10. The molecule has 0 saturated carbocycles. The van der Waals surface area contributed by atoms with Gasteiger partial charge >= 0.3 is 0 Å². The van der Waals surface area contributed by atoms with Gasteiger partial charge in [-0.1, -0.05) is 12.1 Å². The van der Waals surface area contributed by atoms with Gasteiger partial charge in [0.2, 0.25) is 0 Å². The number of nitrogens with zero attached hydrogens (tertiary/aromatic N) is 3. The number of benzene rings is 1. The lowest BCUT2D eigenvalue weighted by molar-refractivity contribution is 0.0961. The Hall–Kier alpha value is -3.48. The van der Waals surface area contributed by atoms with Crippen molar-refractivity contribution in [3.63, 3.8) is 0 Å². The summed E-state index contributed by atoms with van der Waals surface area (Å²) >= 11 is 0. The van der Waals surface area contributed by atoms with Gasteiger partial charge < -0.3 is 10.6 Å². The zero-order chi connectivity index (χ0) is 18.7. The van der Waals surface area contributed by atoms with E-state index in [-0.39, 0.29) is 11.8 Å². The van der Waals surface area contributed by atoms with E-state index in [1.54, 1.807) is 36.1 Å². The fraction of sp³-hybridized carbons (Fsp3) is 0.158. The van der Waals surface area contributed by atoms with Gasteiger partial charge in [-0.25, -0.2) is 9.67 Å². The van der Waals surface area contributed by atoms with Gasteiger partial charge in [0.05, 0.1) is 17.5 Å². The van der Waals surface area contributed by atoms with Crippen molar-refractivity contribution in [2.45, 2.75) is 13.8 Å². The van der Waals surface area contributed by atoms with E-state index in [0.29, 0.717) is 28.3 Å². The first-order valence-corrected chi connectivity index (χ1v) is 8.11. The van der Waals surface area contributed by atoms with Crippen LogP contribution in [0.5, 0.6) is 0 Å². The molecule has 7 nitrogen and oxygen atoms in total. The molecule has 7 heteroatoms. The molecular weight excluding hydrogens is 330 g/mol. The van der Waals surface area contributed by atoms with Gasteiger partial charge in [-0.15, -0.1) is 0 Å². The Balaban J connectivity index is 1.88. The second-order valence-corrected chi connectivity index (χ2v) is 5.81. The van der Waals surface area contributed by atoms with Crippen LogP contribution in [0, 0.1) is 13.8 Å². The molecule has 0 fully saturated rings. The molecule has 2 aromatic heterocycles. The zero-order valence-electron chi connectivity index (χ0n) is 14.8. The number of amides is 2. The fourth-order valence-electron chi connectivity index (χ4n) is 2.57. The first kappa shape index (κ1) is 17.3. The maximum atomic E-state index is 12.7. The van der Waals surface area contributed by atoms with Crippen LogP contribution in [0.2, 0.25) is 0 Å². The number of aryl methyl sites for hydroxylation is 1. The van der Waals surface area contributed by atoms with E-state index in [9.17, 15) is 9.59 Å². The van der Waals surface area contributed by atoms with Gasteiger partial charge in [0.25, 0.3) is 11.8 Å². The summed E-state index contributed by atoms with van der Waals surface area (Å²) < 4.78 is 1.61. The Morgan fingerprint density at radius 3 is 2.58 bits per heavy atom. The Morgan fingerprint density at radius 1 is 1.08 bits per heavy atom. The highest BCUT2D eigenvalue weighted by Crippen LogP contribution is 2.19. The maximum Gasteiger partial charge on any atom is 0.259 e. The molecule has 0 saturated heterocycles. The summed E-state index contributed by atoms with van der Waals surface area (Å²) in [5, 5.41) is 9.69. The minimum atomic E-state index is -0.290. The summed E-state index contributed by atoms with van der Waals surface area (Å²) in [7, 11) is 1.57. The van der Waals surface area contributed by atoms with Crippen molar-refractivity contribution in [1.29, 1.82) is 0 Å². The highest BCUT2D eigenvalue weighted by atomic mass is 16.2. The molecule has 132 valence electrons.